The Morgan fingerprint density at radius 1 is 1.10 bits per heavy atom. The number of amides is 2. The Labute approximate surface area is 229 Å². The quantitative estimate of drug-likeness (QED) is 0.377. The van der Waals surface area contributed by atoms with E-state index in [1.807, 2.05) is 32.9 Å². The largest absolute Gasteiger partial charge is 0.473 e. The molecule has 1 aliphatic carbocycles. The van der Waals surface area contributed by atoms with Gasteiger partial charge >= 0.3 is 12.2 Å². The maximum atomic E-state index is 12.0. The van der Waals surface area contributed by atoms with Crippen LogP contribution < -0.4 is 15.0 Å². The molecule has 4 aromatic heterocycles. The Morgan fingerprint density at radius 3 is 2.60 bits per heavy atom. The number of ether oxygens (including phenoxy) is 2. The molecule has 4 aromatic rings. The first-order valence-electron chi connectivity index (χ1n) is 13.3. The van der Waals surface area contributed by atoms with E-state index in [0.29, 0.717) is 67.6 Å². The van der Waals surface area contributed by atoms with E-state index in [4.69, 9.17) is 13.9 Å². The second-order valence-corrected chi connectivity index (χ2v) is 11.1. The summed E-state index contributed by atoms with van der Waals surface area (Å²) in [7, 11) is 0. The molecule has 5 heterocycles. The van der Waals surface area contributed by atoms with Gasteiger partial charge in [0.15, 0.2) is 11.4 Å². The first-order valence-corrected chi connectivity index (χ1v) is 13.3. The molecule has 40 heavy (non-hydrogen) atoms. The van der Waals surface area contributed by atoms with E-state index in [9.17, 15) is 14.7 Å². The SMILES string of the molecule is CC(C)(C)OC(=O)NC1CC(Oc2ccc3ncc(-c4cc5c(N6CCN(C(=O)O)CC6)nccc5o4)n3n2)C1. The summed E-state index contributed by atoms with van der Waals surface area (Å²) >= 11 is 0. The van der Waals surface area contributed by atoms with Gasteiger partial charge in [-0.05, 0) is 39.0 Å². The van der Waals surface area contributed by atoms with E-state index in [1.54, 1.807) is 29.0 Å². The summed E-state index contributed by atoms with van der Waals surface area (Å²) in [6, 6.07) is 7.33. The Hall–Kier alpha value is -4.55. The molecule has 0 atom stereocenters. The number of imidazole rings is 1. The van der Waals surface area contributed by atoms with Crippen molar-refractivity contribution in [3.63, 3.8) is 0 Å². The van der Waals surface area contributed by atoms with Gasteiger partial charge in [0.2, 0.25) is 5.88 Å². The zero-order chi connectivity index (χ0) is 28.0. The molecule has 0 radical (unpaired) electrons. The zero-order valence-electron chi connectivity index (χ0n) is 22.5. The van der Waals surface area contributed by atoms with Gasteiger partial charge in [-0.1, -0.05) is 0 Å². The average molecular weight is 550 g/mol. The van der Waals surface area contributed by atoms with Crippen LogP contribution in [0.1, 0.15) is 33.6 Å². The van der Waals surface area contributed by atoms with Crippen molar-refractivity contribution in [1.29, 1.82) is 0 Å². The highest BCUT2D eigenvalue weighted by atomic mass is 16.6. The van der Waals surface area contributed by atoms with Gasteiger partial charge in [-0.2, -0.15) is 0 Å². The van der Waals surface area contributed by atoms with Crippen molar-refractivity contribution in [2.45, 2.75) is 51.4 Å². The first kappa shape index (κ1) is 25.7. The molecule has 2 N–H and O–H groups in total. The molecular formula is C27H31N7O6. The molecule has 6 rings (SSSR count). The van der Waals surface area contributed by atoms with Crippen LogP contribution in [0, 0.1) is 0 Å². The number of alkyl carbamates (subject to hydrolysis) is 1. The van der Waals surface area contributed by atoms with Gasteiger partial charge in [0.05, 0.1) is 11.6 Å². The minimum Gasteiger partial charge on any atom is -0.473 e. The van der Waals surface area contributed by atoms with Crippen molar-refractivity contribution < 1.29 is 28.6 Å². The van der Waals surface area contributed by atoms with Crippen molar-refractivity contribution in [2.75, 3.05) is 31.1 Å². The van der Waals surface area contributed by atoms with Crippen LogP contribution in [0.4, 0.5) is 15.4 Å². The predicted octanol–water partition coefficient (Wildman–Crippen LogP) is 3.77. The summed E-state index contributed by atoms with van der Waals surface area (Å²) in [6.45, 7) is 7.42. The number of nitrogens with zero attached hydrogens (tertiary/aromatic N) is 6. The smallest absolute Gasteiger partial charge is 0.407 e. The monoisotopic (exact) mass is 549 g/mol. The normalized spacial score (nSPS) is 19.5. The molecule has 0 spiro atoms. The topological polar surface area (TPSA) is 148 Å². The van der Waals surface area contributed by atoms with Gasteiger partial charge in [-0.15, -0.1) is 5.10 Å². The summed E-state index contributed by atoms with van der Waals surface area (Å²) in [5, 5.41) is 17.6. The lowest BCUT2D eigenvalue weighted by Gasteiger charge is -2.35. The fourth-order valence-electron chi connectivity index (χ4n) is 4.95. The fraction of sp³-hybridized carbons (Fsp3) is 0.444. The molecule has 1 aliphatic heterocycles. The lowest BCUT2D eigenvalue weighted by Crippen LogP contribution is -2.50. The highest BCUT2D eigenvalue weighted by Gasteiger charge is 2.33. The number of furan rings is 1. The summed E-state index contributed by atoms with van der Waals surface area (Å²) in [4.78, 5) is 35.8. The number of piperazine rings is 1. The molecule has 13 nitrogen and oxygen atoms in total. The summed E-state index contributed by atoms with van der Waals surface area (Å²) in [5.41, 5.74) is 1.43. The molecule has 0 bridgehead atoms. The molecule has 2 amide bonds. The highest BCUT2D eigenvalue weighted by Crippen LogP contribution is 2.34. The van der Waals surface area contributed by atoms with Crippen LogP contribution in [0.3, 0.4) is 0 Å². The van der Waals surface area contributed by atoms with E-state index in [0.717, 1.165) is 11.2 Å². The van der Waals surface area contributed by atoms with Crippen molar-refractivity contribution >= 4 is 34.6 Å². The van der Waals surface area contributed by atoms with Gasteiger partial charge in [-0.25, -0.2) is 24.1 Å². The van der Waals surface area contributed by atoms with E-state index in [2.05, 4.69) is 25.3 Å². The van der Waals surface area contributed by atoms with E-state index >= 15 is 0 Å². The second kappa shape index (κ2) is 9.88. The second-order valence-electron chi connectivity index (χ2n) is 11.1. The Kier molecular flexibility index (Phi) is 6.35. The number of rotatable bonds is 5. The third kappa shape index (κ3) is 5.18. The van der Waals surface area contributed by atoms with Crippen LogP contribution >= 0.6 is 0 Å². The number of carbonyl (C=O) groups excluding carboxylic acids is 1. The number of hydrogen-bond acceptors (Lipinski definition) is 9. The van der Waals surface area contributed by atoms with Crippen molar-refractivity contribution in [3.05, 3.63) is 36.7 Å². The number of nitrogens with one attached hydrogen (secondary N) is 1. The van der Waals surface area contributed by atoms with Crippen molar-refractivity contribution in [2.24, 2.45) is 0 Å². The van der Waals surface area contributed by atoms with Gasteiger partial charge < -0.3 is 34.1 Å². The number of anilines is 1. The fourth-order valence-corrected chi connectivity index (χ4v) is 4.95. The third-order valence-corrected chi connectivity index (χ3v) is 6.97. The van der Waals surface area contributed by atoms with Crippen LogP contribution in [-0.2, 0) is 4.74 Å². The molecule has 210 valence electrons. The lowest BCUT2D eigenvalue weighted by atomic mass is 9.89. The maximum absolute atomic E-state index is 12.0. The molecule has 0 unspecified atom stereocenters. The molecule has 2 fully saturated rings. The van der Waals surface area contributed by atoms with Gasteiger partial charge in [-0.3, -0.25) is 0 Å². The molecular weight excluding hydrogens is 518 g/mol. The maximum Gasteiger partial charge on any atom is 0.407 e. The van der Waals surface area contributed by atoms with Gasteiger partial charge in [0.25, 0.3) is 0 Å². The van der Waals surface area contributed by atoms with E-state index in [1.165, 1.54) is 4.90 Å². The van der Waals surface area contributed by atoms with E-state index in [-0.39, 0.29) is 12.1 Å². The van der Waals surface area contributed by atoms with Crippen molar-refractivity contribution in [1.82, 2.24) is 29.8 Å². The molecule has 1 saturated heterocycles. The third-order valence-electron chi connectivity index (χ3n) is 6.97. The number of hydrogen-bond donors (Lipinski definition) is 2. The zero-order valence-corrected chi connectivity index (χ0v) is 22.5. The summed E-state index contributed by atoms with van der Waals surface area (Å²) in [6.07, 6.45) is 3.31. The van der Waals surface area contributed by atoms with Gasteiger partial charge in [0, 0.05) is 57.3 Å². The minimum atomic E-state index is -0.908. The summed E-state index contributed by atoms with van der Waals surface area (Å²) < 4.78 is 19.3. The van der Waals surface area contributed by atoms with Crippen LogP contribution in [0.5, 0.6) is 5.88 Å². The Morgan fingerprint density at radius 2 is 1.88 bits per heavy atom. The van der Waals surface area contributed by atoms with Crippen LogP contribution in [0.15, 0.2) is 41.1 Å². The number of carboxylic acid groups (broad SMARTS) is 1. The molecule has 0 aromatic carbocycles. The van der Waals surface area contributed by atoms with Crippen molar-refractivity contribution in [3.8, 4) is 17.3 Å². The minimum absolute atomic E-state index is 0.00200. The first-order chi connectivity index (χ1) is 19.1. The summed E-state index contributed by atoms with van der Waals surface area (Å²) in [5.74, 6) is 1.78. The van der Waals surface area contributed by atoms with Gasteiger partial charge in [0.1, 0.15) is 28.8 Å². The standard InChI is InChI=1S/C27H31N7O6/c1-27(2,3)40-25(35)30-16-12-17(13-16)38-23-5-4-22-29-15-19(34(22)31-23)21-14-18-20(39-21)6-7-28-24(18)32-8-10-33(11-9-32)26(36)37/h4-7,14-17H,8-13H2,1-3H3,(H,30,35)(H,36,37). The van der Waals surface area contributed by atoms with Crippen LogP contribution in [0.25, 0.3) is 28.1 Å². The van der Waals surface area contributed by atoms with E-state index < -0.39 is 17.8 Å². The Balaban J connectivity index is 1.17. The Bertz CT molecular complexity index is 1560. The predicted molar refractivity (Wildman–Crippen MR) is 145 cm³/mol. The number of aromatic nitrogens is 4. The van der Waals surface area contributed by atoms with Crippen LogP contribution in [-0.4, -0.2) is 85.7 Å². The number of carbonyl (C=O) groups is 2. The lowest BCUT2D eigenvalue weighted by molar-refractivity contribution is 0.0352. The average Bonchev–Trinajstić information content (AvgIpc) is 3.50. The molecule has 1 saturated carbocycles. The number of pyridine rings is 1. The number of fused-ring (bicyclic) bond motifs is 2. The highest BCUT2D eigenvalue weighted by molar-refractivity contribution is 5.92. The molecule has 2 aliphatic rings. The molecule has 13 heteroatoms. The van der Waals surface area contributed by atoms with Crippen LogP contribution in [0.2, 0.25) is 0 Å².